The van der Waals surface area contributed by atoms with Gasteiger partial charge in [-0.2, -0.15) is 4.72 Å². The van der Waals surface area contributed by atoms with Crippen LogP contribution in [0.25, 0.3) is 6.08 Å². The Morgan fingerprint density at radius 3 is 2.55 bits per heavy atom. The molecular formula is C24H32ClN5O6S2. The van der Waals surface area contributed by atoms with E-state index in [2.05, 4.69) is 4.72 Å². The van der Waals surface area contributed by atoms with Gasteiger partial charge in [-0.3, -0.25) is 19.2 Å². The van der Waals surface area contributed by atoms with Gasteiger partial charge >= 0.3 is 0 Å². The van der Waals surface area contributed by atoms with Gasteiger partial charge < -0.3 is 20.4 Å². The topological polar surface area (TPSA) is 150 Å². The van der Waals surface area contributed by atoms with Crippen molar-refractivity contribution in [3.05, 3.63) is 26.8 Å². The van der Waals surface area contributed by atoms with Crippen molar-refractivity contribution in [1.29, 1.82) is 0 Å². The zero-order valence-corrected chi connectivity index (χ0v) is 23.3. The van der Waals surface area contributed by atoms with Gasteiger partial charge in [-0.25, -0.2) is 8.42 Å². The number of likely N-dealkylation sites (tertiary alicyclic amines) is 3. The summed E-state index contributed by atoms with van der Waals surface area (Å²) < 4.78 is 28.1. The number of hydrogen-bond donors (Lipinski definition) is 2. The lowest BCUT2D eigenvalue weighted by Crippen LogP contribution is -2.56. The van der Waals surface area contributed by atoms with Gasteiger partial charge in [0.2, 0.25) is 33.7 Å². The molecule has 14 heteroatoms. The number of carbonyl (C=O) groups is 4. The Kier molecular flexibility index (Phi) is 9.11. The fourth-order valence-corrected chi connectivity index (χ4v) is 7.28. The van der Waals surface area contributed by atoms with Crippen LogP contribution >= 0.6 is 22.9 Å². The summed E-state index contributed by atoms with van der Waals surface area (Å²) in [6.45, 7) is 1.27. The van der Waals surface area contributed by atoms with E-state index < -0.39 is 33.9 Å². The molecule has 3 saturated heterocycles. The number of sulfonamides is 1. The fourth-order valence-electron chi connectivity index (χ4n) is 5.22. The lowest BCUT2D eigenvalue weighted by molar-refractivity contribution is -0.148. The van der Waals surface area contributed by atoms with Gasteiger partial charge in [0.25, 0.3) is 0 Å². The molecule has 11 nitrogen and oxygen atoms in total. The molecule has 0 radical (unpaired) electrons. The number of primary amides is 1. The molecule has 3 unspecified atom stereocenters. The average molecular weight is 586 g/mol. The molecule has 1 aromatic heterocycles. The third-order valence-corrected chi connectivity index (χ3v) is 9.47. The summed E-state index contributed by atoms with van der Waals surface area (Å²) in [6, 6.07) is 1.73. The standard InChI is InChI=1S/C24H32ClN5O6S2/c25-20-8-7-17(37-20)9-13-38(35,36)27-18-5-2-11-29(23(18)33)15-21(31)30-12-3-6-19(30)24(34)28-10-1-4-16(14-28)22(26)32/h7-9,13,16,18-19,27H,1-6,10-12,14-15H2,(H2,26,32)/b13-9+. The van der Waals surface area contributed by atoms with Crippen LogP contribution in [0.3, 0.4) is 0 Å². The summed E-state index contributed by atoms with van der Waals surface area (Å²) in [6.07, 6.45) is 4.76. The predicted molar refractivity (Wildman–Crippen MR) is 143 cm³/mol. The monoisotopic (exact) mass is 585 g/mol. The number of piperidine rings is 2. The molecule has 1 aromatic rings. The highest BCUT2D eigenvalue weighted by molar-refractivity contribution is 7.92. The number of rotatable bonds is 8. The predicted octanol–water partition coefficient (Wildman–Crippen LogP) is 0.998. The van der Waals surface area contributed by atoms with E-state index in [1.807, 2.05) is 0 Å². The van der Waals surface area contributed by atoms with Gasteiger partial charge in [0.1, 0.15) is 12.1 Å². The van der Waals surface area contributed by atoms with Gasteiger partial charge in [0.15, 0.2) is 0 Å². The SMILES string of the molecule is NC(=O)C1CCCN(C(=O)C2CCCN2C(=O)CN2CCCC(NS(=O)(=O)/C=C/c3ccc(Cl)s3)C2=O)C1. The number of thiophene rings is 1. The zero-order chi connectivity index (χ0) is 27.4. The van der Waals surface area contributed by atoms with Gasteiger partial charge in [0, 0.05) is 36.5 Å². The maximum Gasteiger partial charge on any atom is 0.245 e. The third kappa shape index (κ3) is 6.93. The third-order valence-electron chi connectivity index (χ3n) is 7.16. The van der Waals surface area contributed by atoms with Crippen LogP contribution in [0.4, 0.5) is 0 Å². The second-order valence-electron chi connectivity index (χ2n) is 9.83. The van der Waals surface area contributed by atoms with Crippen molar-refractivity contribution in [1.82, 2.24) is 19.4 Å². The van der Waals surface area contributed by atoms with Crippen LogP contribution in [0.1, 0.15) is 43.4 Å². The largest absolute Gasteiger partial charge is 0.369 e. The Morgan fingerprint density at radius 1 is 1.11 bits per heavy atom. The maximum atomic E-state index is 13.2. The molecule has 4 rings (SSSR count). The Labute approximate surface area is 231 Å². The Hall–Kier alpha value is -2.48. The van der Waals surface area contributed by atoms with Crippen LogP contribution < -0.4 is 10.5 Å². The average Bonchev–Trinajstić information content (AvgIpc) is 3.54. The molecule has 3 aliphatic rings. The van der Waals surface area contributed by atoms with Crippen molar-refractivity contribution in [2.75, 3.05) is 32.7 Å². The number of nitrogens with one attached hydrogen (secondary N) is 1. The summed E-state index contributed by atoms with van der Waals surface area (Å²) in [5.74, 6) is -1.83. The molecular weight excluding hydrogens is 554 g/mol. The van der Waals surface area contributed by atoms with Gasteiger partial charge in [-0.15, -0.1) is 11.3 Å². The van der Waals surface area contributed by atoms with Crippen molar-refractivity contribution in [2.45, 2.75) is 50.6 Å². The van der Waals surface area contributed by atoms with E-state index in [1.54, 1.807) is 17.0 Å². The number of nitrogens with zero attached hydrogens (tertiary/aromatic N) is 3. The van der Waals surface area contributed by atoms with Gasteiger partial charge in [0.05, 0.1) is 16.8 Å². The van der Waals surface area contributed by atoms with E-state index >= 15 is 0 Å². The molecule has 3 aliphatic heterocycles. The zero-order valence-electron chi connectivity index (χ0n) is 20.9. The molecule has 0 saturated carbocycles. The maximum absolute atomic E-state index is 13.2. The summed E-state index contributed by atoms with van der Waals surface area (Å²) in [4.78, 5) is 56.2. The van der Waals surface area contributed by atoms with Crippen molar-refractivity contribution in [2.24, 2.45) is 11.7 Å². The van der Waals surface area contributed by atoms with Crippen LogP contribution in [0.2, 0.25) is 4.34 Å². The van der Waals surface area contributed by atoms with Crippen molar-refractivity contribution in [3.8, 4) is 0 Å². The van der Waals surface area contributed by atoms with Crippen LogP contribution in [0.5, 0.6) is 0 Å². The first-order chi connectivity index (χ1) is 18.0. The number of carbonyl (C=O) groups excluding carboxylic acids is 4. The highest BCUT2D eigenvalue weighted by atomic mass is 35.5. The minimum absolute atomic E-state index is 0.198. The van der Waals surface area contributed by atoms with E-state index in [0.29, 0.717) is 67.4 Å². The van der Waals surface area contributed by atoms with E-state index in [1.165, 1.54) is 27.2 Å². The minimum atomic E-state index is -3.91. The first-order valence-electron chi connectivity index (χ1n) is 12.7. The van der Waals surface area contributed by atoms with Crippen molar-refractivity contribution in [3.63, 3.8) is 0 Å². The van der Waals surface area contributed by atoms with E-state index in [0.717, 1.165) is 5.41 Å². The molecule has 0 aromatic carbocycles. The second-order valence-corrected chi connectivity index (χ2v) is 13.2. The minimum Gasteiger partial charge on any atom is -0.369 e. The fraction of sp³-hybridized carbons (Fsp3) is 0.583. The van der Waals surface area contributed by atoms with E-state index in [9.17, 15) is 27.6 Å². The molecule has 4 amide bonds. The van der Waals surface area contributed by atoms with Crippen LogP contribution in [0.15, 0.2) is 17.5 Å². The molecule has 208 valence electrons. The molecule has 3 N–H and O–H groups in total. The Bertz CT molecular complexity index is 1220. The molecule has 38 heavy (non-hydrogen) atoms. The highest BCUT2D eigenvalue weighted by Gasteiger charge is 2.40. The second kappa shape index (κ2) is 12.1. The number of halogens is 1. The highest BCUT2D eigenvalue weighted by Crippen LogP contribution is 2.25. The summed E-state index contributed by atoms with van der Waals surface area (Å²) in [7, 11) is -3.91. The summed E-state index contributed by atoms with van der Waals surface area (Å²) >= 11 is 7.10. The van der Waals surface area contributed by atoms with E-state index in [-0.39, 0.29) is 30.8 Å². The van der Waals surface area contributed by atoms with Crippen molar-refractivity contribution < 1.29 is 27.6 Å². The smallest absolute Gasteiger partial charge is 0.245 e. The first-order valence-corrected chi connectivity index (χ1v) is 15.4. The molecule has 0 aliphatic carbocycles. The number of amides is 4. The van der Waals surface area contributed by atoms with Crippen LogP contribution in [-0.2, 0) is 29.2 Å². The normalized spacial score (nSPS) is 24.8. The summed E-state index contributed by atoms with van der Waals surface area (Å²) in [5.41, 5.74) is 5.44. The van der Waals surface area contributed by atoms with E-state index in [4.69, 9.17) is 17.3 Å². The quantitative estimate of drug-likeness (QED) is 0.464. The molecule has 4 heterocycles. The Balaban J connectivity index is 1.35. The molecule has 3 atom stereocenters. The number of nitrogens with two attached hydrogens (primary N) is 1. The molecule has 0 spiro atoms. The number of hydrogen-bond acceptors (Lipinski definition) is 7. The summed E-state index contributed by atoms with van der Waals surface area (Å²) in [5, 5.41) is 0.996. The van der Waals surface area contributed by atoms with Crippen LogP contribution in [-0.4, -0.2) is 91.6 Å². The van der Waals surface area contributed by atoms with Crippen molar-refractivity contribution >= 4 is 62.7 Å². The molecule has 0 bridgehead atoms. The lowest BCUT2D eigenvalue weighted by Gasteiger charge is -2.36. The van der Waals surface area contributed by atoms with Crippen LogP contribution in [0, 0.1) is 5.92 Å². The molecule has 3 fully saturated rings. The van der Waals surface area contributed by atoms with Gasteiger partial charge in [-0.05, 0) is 56.7 Å². The Morgan fingerprint density at radius 2 is 1.84 bits per heavy atom. The first kappa shape index (κ1) is 28.5. The van der Waals surface area contributed by atoms with Gasteiger partial charge in [-0.1, -0.05) is 11.6 Å². The lowest BCUT2D eigenvalue weighted by atomic mass is 9.96.